The van der Waals surface area contributed by atoms with Crippen LogP contribution in [0.2, 0.25) is 0 Å². The molecule has 0 bridgehead atoms. The van der Waals surface area contributed by atoms with Crippen molar-refractivity contribution in [1.29, 1.82) is 0 Å². The normalized spacial score (nSPS) is 12.9. The van der Waals surface area contributed by atoms with Crippen molar-refractivity contribution in [3.63, 3.8) is 0 Å². The molecule has 0 spiro atoms. The molecule has 0 aliphatic carbocycles. The summed E-state index contributed by atoms with van der Waals surface area (Å²) in [6, 6.07) is 0. The number of hydrogen-bond donors (Lipinski definition) is 1. The van der Waals surface area contributed by atoms with Crippen molar-refractivity contribution in [3.8, 4) is 0 Å². The highest BCUT2D eigenvalue weighted by Gasteiger charge is 2.12. The highest BCUT2D eigenvalue weighted by Crippen LogP contribution is 2.12. The molecule has 0 fully saturated rings. The van der Waals surface area contributed by atoms with Crippen LogP contribution in [0.1, 0.15) is 31.7 Å². The van der Waals surface area contributed by atoms with E-state index in [4.69, 9.17) is 14.0 Å². The van der Waals surface area contributed by atoms with Crippen molar-refractivity contribution < 1.29 is 14.0 Å². The number of hydrogen-bond acceptors (Lipinski definition) is 6. The maximum atomic E-state index is 5.36. The van der Waals surface area contributed by atoms with Gasteiger partial charge in [-0.15, -0.1) is 0 Å². The first-order valence-corrected chi connectivity index (χ1v) is 5.41. The molecule has 0 aliphatic heterocycles. The molecule has 1 N–H and O–H groups in total. The van der Waals surface area contributed by atoms with Crippen molar-refractivity contribution >= 4 is 0 Å². The summed E-state index contributed by atoms with van der Waals surface area (Å²) < 4.78 is 15.3. The smallest absolute Gasteiger partial charge is 0.240 e. The molecule has 0 saturated carbocycles. The molecule has 0 aliphatic rings. The Morgan fingerprint density at radius 1 is 1.50 bits per heavy atom. The summed E-state index contributed by atoms with van der Waals surface area (Å²) in [5, 5.41) is 6.98. The highest BCUT2D eigenvalue weighted by molar-refractivity contribution is 4.89. The predicted octanol–water partition coefficient (Wildman–Crippen LogP) is 0.903. The molecule has 1 aromatic heterocycles. The van der Waals surface area contributed by atoms with Crippen LogP contribution in [-0.4, -0.2) is 37.0 Å². The fourth-order valence-electron chi connectivity index (χ4n) is 1.20. The van der Waals surface area contributed by atoms with Crippen molar-refractivity contribution in [3.05, 3.63) is 11.7 Å². The second-order valence-corrected chi connectivity index (χ2v) is 3.31. The zero-order valence-electron chi connectivity index (χ0n) is 10.0. The van der Waals surface area contributed by atoms with Crippen LogP contribution >= 0.6 is 0 Å². The lowest BCUT2D eigenvalue weighted by Gasteiger charge is -2.04. The van der Waals surface area contributed by atoms with Gasteiger partial charge in [0.25, 0.3) is 0 Å². The zero-order chi connectivity index (χ0) is 11.8. The molecule has 0 aromatic carbocycles. The minimum atomic E-state index is -0.124. The molecule has 92 valence electrons. The number of nitrogens with zero attached hydrogens (tertiary/aromatic N) is 2. The summed E-state index contributed by atoms with van der Waals surface area (Å²) in [7, 11) is 1.66. The van der Waals surface area contributed by atoms with Crippen LogP contribution in [0.25, 0.3) is 0 Å². The molecule has 1 unspecified atom stereocenters. The molecule has 6 heteroatoms. The predicted molar refractivity (Wildman–Crippen MR) is 57.9 cm³/mol. The molecule has 0 saturated heterocycles. The zero-order valence-corrected chi connectivity index (χ0v) is 10.0. The minimum absolute atomic E-state index is 0.124. The van der Waals surface area contributed by atoms with Crippen LogP contribution in [-0.2, 0) is 16.0 Å². The molecule has 1 rings (SSSR count). The van der Waals surface area contributed by atoms with E-state index in [-0.39, 0.29) is 6.10 Å². The quantitative estimate of drug-likeness (QED) is 0.668. The van der Waals surface area contributed by atoms with E-state index < -0.39 is 0 Å². The Bertz CT molecular complexity index is 291. The number of aromatic nitrogens is 2. The third-order valence-electron chi connectivity index (χ3n) is 2.02. The summed E-state index contributed by atoms with van der Waals surface area (Å²) in [5.74, 6) is 1.16. The first-order chi connectivity index (χ1) is 7.77. The van der Waals surface area contributed by atoms with Crippen LogP contribution in [0.3, 0.4) is 0 Å². The van der Waals surface area contributed by atoms with Crippen LogP contribution < -0.4 is 5.32 Å². The van der Waals surface area contributed by atoms with Crippen molar-refractivity contribution in [1.82, 2.24) is 15.5 Å². The topological polar surface area (TPSA) is 69.4 Å². The van der Waals surface area contributed by atoms with Crippen molar-refractivity contribution in [2.75, 3.05) is 26.9 Å². The molecule has 0 amide bonds. The minimum Gasteiger partial charge on any atom is -0.383 e. The fourth-order valence-corrected chi connectivity index (χ4v) is 1.20. The SMILES string of the molecule is CCOC(C)c1noc(CNCCOC)n1. The number of rotatable bonds is 8. The first-order valence-electron chi connectivity index (χ1n) is 5.41. The van der Waals surface area contributed by atoms with E-state index in [2.05, 4.69) is 15.5 Å². The monoisotopic (exact) mass is 229 g/mol. The Kier molecular flexibility index (Phi) is 5.99. The van der Waals surface area contributed by atoms with E-state index in [0.717, 1.165) is 6.54 Å². The summed E-state index contributed by atoms with van der Waals surface area (Å²) in [4.78, 5) is 4.22. The largest absolute Gasteiger partial charge is 0.383 e. The Labute approximate surface area is 95.3 Å². The van der Waals surface area contributed by atoms with Gasteiger partial charge in [0.05, 0.1) is 13.2 Å². The van der Waals surface area contributed by atoms with Gasteiger partial charge >= 0.3 is 0 Å². The average molecular weight is 229 g/mol. The summed E-state index contributed by atoms with van der Waals surface area (Å²) in [5.41, 5.74) is 0. The van der Waals surface area contributed by atoms with Gasteiger partial charge in [-0.05, 0) is 13.8 Å². The summed E-state index contributed by atoms with van der Waals surface area (Å²) >= 11 is 0. The fraction of sp³-hybridized carbons (Fsp3) is 0.800. The van der Waals surface area contributed by atoms with Crippen LogP contribution in [0.5, 0.6) is 0 Å². The standard InChI is InChI=1S/C10H19N3O3/c1-4-15-8(2)10-12-9(16-13-10)7-11-5-6-14-3/h8,11H,4-7H2,1-3H3. The van der Waals surface area contributed by atoms with E-state index in [1.54, 1.807) is 7.11 Å². The van der Waals surface area contributed by atoms with E-state index in [1.165, 1.54) is 0 Å². The molecular weight excluding hydrogens is 210 g/mol. The molecule has 1 atom stereocenters. The van der Waals surface area contributed by atoms with Crippen molar-refractivity contribution in [2.24, 2.45) is 0 Å². The number of nitrogens with one attached hydrogen (secondary N) is 1. The molecule has 0 radical (unpaired) electrons. The second-order valence-electron chi connectivity index (χ2n) is 3.31. The van der Waals surface area contributed by atoms with Crippen LogP contribution in [0.4, 0.5) is 0 Å². The van der Waals surface area contributed by atoms with Gasteiger partial charge in [-0.3, -0.25) is 0 Å². The Morgan fingerprint density at radius 2 is 2.31 bits per heavy atom. The van der Waals surface area contributed by atoms with Gasteiger partial charge in [-0.2, -0.15) is 4.98 Å². The lowest BCUT2D eigenvalue weighted by Crippen LogP contribution is -2.18. The summed E-state index contributed by atoms with van der Waals surface area (Å²) in [6.07, 6.45) is -0.124. The Morgan fingerprint density at radius 3 is 3.00 bits per heavy atom. The maximum absolute atomic E-state index is 5.36. The van der Waals surface area contributed by atoms with Gasteiger partial charge in [0.15, 0.2) is 5.82 Å². The molecule has 6 nitrogen and oxygen atoms in total. The van der Waals surface area contributed by atoms with Crippen LogP contribution in [0, 0.1) is 0 Å². The third-order valence-corrected chi connectivity index (χ3v) is 2.02. The van der Waals surface area contributed by atoms with Crippen LogP contribution in [0.15, 0.2) is 4.52 Å². The van der Waals surface area contributed by atoms with Crippen molar-refractivity contribution in [2.45, 2.75) is 26.5 Å². The van der Waals surface area contributed by atoms with Gasteiger partial charge in [0.1, 0.15) is 6.10 Å². The lowest BCUT2D eigenvalue weighted by atomic mass is 10.4. The third kappa shape index (κ3) is 4.26. The molecular formula is C10H19N3O3. The average Bonchev–Trinajstić information content (AvgIpc) is 2.73. The van der Waals surface area contributed by atoms with E-state index in [1.807, 2.05) is 13.8 Å². The van der Waals surface area contributed by atoms with Gasteiger partial charge in [-0.1, -0.05) is 5.16 Å². The molecule has 16 heavy (non-hydrogen) atoms. The van der Waals surface area contributed by atoms with Gasteiger partial charge in [0, 0.05) is 20.3 Å². The highest BCUT2D eigenvalue weighted by atomic mass is 16.5. The van der Waals surface area contributed by atoms with Gasteiger partial charge < -0.3 is 19.3 Å². The Balaban J connectivity index is 2.33. The Hall–Kier alpha value is -0.980. The number of ether oxygens (including phenoxy) is 2. The molecule has 1 heterocycles. The van der Waals surface area contributed by atoms with E-state index in [0.29, 0.717) is 31.5 Å². The van der Waals surface area contributed by atoms with E-state index in [9.17, 15) is 0 Å². The summed E-state index contributed by atoms with van der Waals surface area (Å²) in [6.45, 7) is 6.44. The first kappa shape index (κ1) is 13.1. The van der Waals surface area contributed by atoms with E-state index >= 15 is 0 Å². The van der Waals surface area contributed by atoms with Gasteiger partial charge in [-0.25, -0.2) is 0 Å². The lowest BCUT2D eigenvalue weighted by molar-refractivity contribution is 0.0683. The molecule has 1 aromatic rings. The maximum Gasteiger partial charge on any atom is 0.240 e. The van der Waals surface area contributed by atoms with Gasteiger partial charge in [0.2, 0.25) is 5.89 Å². The second kappa shape index (κ2) is 7.32. The number of methoxy groups -OCH3 is 1.